The second-order valence-electron chi connectivity index (χ2n) is 5.48. The topological polar surface area (TPSA) is 70.5 Å². The molecule has 0 radical (unpaired) electrons. The Bertz CT molecular complexity index is 498. The molecule has 0 aromatic carbocycles. The van der Waals surface area contributed by atoms with E-state index in [4.69, 9.17) is 5.11 Å². The summed E-state index contributed by atoms with van der Waals surface area (Å²) in [6.45, 7) is 2.18. The number of aromatic nitrogens is 1. The number of aromatic carboxylic acids is 1. The normalized spacial score (nSPS) is 22.3. The molecule has 5 nitrogen and oxygen atoms in total. The van der Waals surface area contributed by atoms with Gasteiger partial charge in [-0.15, -0.1) is 0 Å². The van der Waals surface area contributed by atoms with Gasteiger partial charge >= 0.3 is 5.97 Å². The highest BCUT2D eigenvalue weighted by Gasteiger charge is 2.28. The quantitative estimate of drug-likeness (QED) is 0.920. The van der Waals surface area contributed by atoms with Gasteiger partial charge in [-0.05, 0) is 30.9 Å². The van der Waals surface area contributed by atoms with Crippen molar-refractivity contribution < 1.29 is 14.7 Å². The van der Waals surface area contributed by atoms with E-state index in [1.54, 1.807) is 4.90 Å². The fourth-order valence-corrected chi connectivity index (χ4v) is 2.87. The molecule has 20 heavy (non-hydrogen) atoms. The number of hydrogen-bond acceptors (Lipinski definition) is 3. The molecule has 1 heterocycles. The van der Waals surface area contributed by atoms with Crippen LogP contribution >= 0.6 is 0 Å². The Hall–Kier alpha value is -1.91. The Balaban J connectivity index is 2.11. The first-order valence-electron chi connectivity index (χ1n) is 6.97. The van der Waals surface area contributed by atoms with Crippen molar-refractivity contribution in [3.8, 4) is 0 Å². The van der Waals surface area contributed by atoms with Gasteiger partial charge in [0, 0.05) is 19.3 Å². The molecule has 0 aliphatic heterocycles. The molecule has 0 spiro atoms. The van der Waals surface area contributed by atoms with Gasteiger partial charge in [0.2, 0.25) is 0 Å². The van der Waals surface area contributed by atoms with Crippen LogP contribution in [0.1, 0.15) is 53.5 Å². The van der Waals surface area contributed by atoms with Crippen molar-refractivity contribution in [2.24, 2.45) is 5.92 Å². The molecular formula is C15H20N2O3. The van der Waals surface area contributed by atoms with Crippen LogP contribution in [0.15, 0.2) is 18.3 Å². The molecule has 1 aromatic rings. The average molecular weight is 276 g/mol. The predicted molar refractivity (Wildman–Crippen MR) is 74.7 cm³/mol. The SMILES string of the molecule is CC1CCCCC1N(C)C(=O)c1ccc(C(=O)O)nc1. The molecule has 1 aromatic heterocycles. The number of rotatable bonds is 3. The van der Waals surface area contributed by atoms with Crippen molar-refractivity contribution in [2.45, 2.75) is 38.6 Å². The second kappa shape index (κ2) is 6.03. The Kier molecular flexibility index (Phi) is 4.37. The number of pyridine rings is 1. The van der Waals surface area contributed by atoms with Crippen molar-refractivity contribution in [1.82, 2.24) is 9.88 Å². The van der Waals surface area contributed by atoms with E-state index in [-0.39, 0.29) is 17.6 Å². The largest absolute Gasteiger partial charge is 0.477 e. The van der Waals surface area contributed by atoms with Gasteiger partial charge in [-0.1, -0.05) is 19.8 Å². The summed E-state index contributed by atoms with van der Waals surface area (Å²) in [4.78, 5) is 28.7. The summed E-state index contributed by atoms with van der Waals surface area (Å²) in [5, 5.41) is 8.80. The van der Waals surface area contributed by atoms with Crippen LogP contribution in [0.25, 0.3) is 0 Å². The maximum Gasteiger partial charge on any atom is 0.354 e. The molecule has 0 bridgehead atoms. The zero-order chi connectivity index (χ0) is 14.7. The number of carbonyl (C=O) groups is 2. The summed E-state index contributed by atoms with van der Waals surface area (Å²) >= 11 is 0. The van der Waals surface area contributed by atoms with Gasteiger partial charge in [-0.25, -0.2) is 9.78 Å². The molecule has 0 saturated heterocycles. The minimum atomic E-state index is -1.08. The van der Waals surface area contributed by atoms with Crippen molar-refractivity contribution in [3.63, 3.8) is 0 Å². The number of carboxylic acid groups (broad SMARTS) is 1. The summed E-state index contributed by atoms with van der Waals surface area (Å²) in [5.74, 6) is -0.671. The van der Waals surface area contributed by atoms with E-state index in [1.165, 1.54) is 24.8 Å². The minimum absolute atomic E-state index is 0.0461. The number of amides is 1. The van der Waals surface area contributed by atoms with Gasteiger partial charge in [0.05, 0.1) is 5.56 Å². The molecule has 5 heteroatoms. The highest BCUT2D eigenvalue weighted by Crippen LogP contribution is 2.28. The number of carbonyl (C=O) groups excluding carboxylic acids is 1. The van der Waals surface area contributed by atoms with Gasteiger partial charge < -0.3 is 10.0 Å². The van der Waals surface area contributed by atoms with Crippen LogP contribution in [0.4, 0.5) is 0 Å². The molecule has 2 atom stereocenters. The number of hydrogen-bond donors (Lipinski definition) is 1. The number of nitrogens with zero attached hydrogens (tertiary/aromatic N) is 2. The van der Waals surface area contributed by atoms with Gasteiger partial charge in [0.25, 0.3) is 5.91 Å². The third kappa shape index (κ3) is 2.98. The molecule has 1 fully saturated rings. The van der Waals surface area contributed by atoms with Crippen LogP contribution in [0, 0.1) is 5.92 Å². The first kappa shape index (κ1) is 14.5. The standard InChI is InChI=1S/C15H20N2O3/c1-10-5-3-4-6-13(10)17(2)14(18)11-7-8-12(15(19)20)16-9-11/h7-10,13H,3-6H2,1-2H3,(H,19,20). The van der Waals surface area contributed by atoms with Gasteiger partial charge in [-0.3, -0.25) is 4.79 Å². The summed E-state index contributed by atoms with van der Waals surface area (Å²) in [5.41, 5.74) is 0.394. The third-order valence-electron chi connectivity index (χ3n) is 4.11. The number of carboxylic acids is 1. The Morgan fingerprint density at radius 1 is 1.30 bits per heavy atom. The maximum absolute atomic E-state index is 12.4. The Labute approximate surface area is 118 Å². The summed E-state index contributed by atoms with van der Waals surface area (Å²) in [6, 6.07) is 3.16. The lowest BCUT2D eigenvalue weighted by atomic mass is 9.85. The summed E-state index contributed by atoms with van der Waals surface area (Å²) < 4.78 is 0. The first-order chi connectivity index (χ1) is 9.50. The predicted octanol–water partition coefficient (Wildman–Crippen LogP) is 2.43. The second-order valence-corrected chi connectivity index (χ2v) is 5.48. The van der Waals surface area contributed by atoms with Crippen molar-refractivity contribution in [1.29, 1.82) is 0 Å². The molecule has 1 N–H and O–H groups in total. The van der Waals surface area contributed by atoms with Crippen LogP contribution < -0.4 is 0 Å². The fraction of sp³-hybridized carbons (Fsp3) is 0.533. The fourth-order valence-electron chi connectivity index (χ4n) is 2.87. The van der Waals surface area contributed by atoms with E-state index in [0.717, 1.165) is 19.3 Å². The molecule has 108 valence electrons. The molecule has 2 unspecified atom stereocenters. The molecule has 1 aliphatic carbocycles. The lowest BCUT2D eigenvalue weighted by Crippen LogP contribution is -2.42. The highest BCUT2D eigenvalue weighted by atomic mass is 16.4. The van der Waals surface area contributed by atoms with E-state index in [1.807, 2.05) is 7.05 Å². The van der Waals surface area contributed by atoms with Crippen LogP contribution in [0.5, 0.6) is 0 Å². The van der Waals surface area contributed by atoms with Gasteiger partial charge in [-0.2, -0.15) is 0 Å². The molecule has 1 amide bonds. The van der Waals surface area contributed by atoms with Crippen molar-refractivity contribution in [2.75, 3.05) is 7.05 Å². The van der Waals surface area contributed by atoms with Crippen LogP contribution in [0.3, 0.4) is 0 Å². The van der Waals surface area contributed by atoms with E-state index < -0.39 is 5.97 Å². The monoisotopic (exact) mass is 276 g/mol. The average Bonchev–Trinajstić information content (AvgIpc) is 2.46. The van der Waals surface area contributed by atoms with Crippen LogP contribution in [-0.2, 0) is 0 Å². The molecular weight excluding hydrogens is 256 g/mol. The first-order valence-corrected chi connectivity index (χ1v) is 6.97. The lowest BCUT2D eigenvalue weighted by molar-refractivity contribution is 0.0625. The Morgan fingerprint density at radius 3 is 2.55 bits per heavy atom. The van der Waals surface area contributed by atoms with E-state index in [2.05, 4.69) is 11.9 Å². The van der Waals surface area contributed by atoms with Crippen molar-refractivity contribution in [3.05, 3.63) is 29.6 Å². The lowest BCUT2D eigenvalue weighted by Gasteiger charge is -2.36. The summed E-state index contributed by atoms with van der Waals surface area (Å²) in [6.07, 6.45) is 5.91. The van der Waals surface area contributed by atoms with E-state index in [0.29, 0.717) is 11.5 Å². The van der Waals surface area contributed by atoms with Gasteiger partial charge in [0.15, 0.2) is 0 Å². The minimum Gasteiger partial charge on any atom is -0.477 e. The van der Waals surface area contributed by atoms with Gasteiger partial charge in [0.1, 0.15) is 5.69 Å². The zero-order valence-electron chi connectivity index (χ0n) is 11.9. The summed E-state index contributed by atoms with van der Waals surface area (Å²) in [7, 11) is 1.82. The highest BCUT2D eigenvalue weighted by molar-refractivity contribution is 5.95. The van der Waals surface area contributed by atoms with E-state index >= 15 is 0 Å². The van der Waals surface area contributed by atoms with Crippen LogP contribution in [0.2, 0.25) is 0 Å². The van der Waals surface area contributed by atoms with Crippen LogP contribution in [-0.4, -0.2) is 40.0 Å². The third-order valence-corrected chi connectivity index (χ3v) is 4.11. The molecule has 2 rings (SSSR count). The van der Waals surface area contributed by atoms with E-state index in [9.17, 15) is 9.59 Å². The smallest absolute Gasteiger partial charge is 0.354 e. The molecule has 1 saturated carbocycles. The Morgan fingerprint density at radius 2 is 2.00 bits per heavy atom. The maximum atomic E-state index is 12.4. The van der Waals surface area contributed by atoms with Crippen molar-refractivity contribution >= 4 is 11.9 Å². The zero-order valence-corrected chi connectivity index (χ0v) is 11.9. The molecule has 1 aliphatic rings.